The third-order valence-electron chi connectivity index (χ3n) is 5.04. The van der Waals surface area contributed by atoms with Crippen LogP contribution in [0.2, 0.25) is 0 Å². The first kappa shape index (κ1) is 17.6. The fourth-order valence-corrected chi connectivity index (χ4v) is 3.64. The first-order chi connectivity index (χ1) is 11.9. The van der Waals surface area contributed by atoms with Gasteiger partial charge in [-0.15, -0.1) is 0 Å². The molecule has 1 aromatic heterocycles. The molecule has 5 nitrogen and oxygen atoms in total. The summed E-state index contributed by atoms with van der Waals surface area (Å²) >= 11 is 0. The number of ether oxygens (including phenoxy) is 1. The van der Waals surface area contributed by atoms with Gasteiger partial charge in [0, 0.05) is 37.6 Å². The van der Waals surface area contributed by atoms with Crippen molar-refractivity contribution >= 4 is 5.91 Å². The number of rotatable bonds is 4. The number of aryl methyl sites for hydroxylation is 2. The molecule has 1 saturated heterocycles. The lowest BCUT2D eigenvalue weighted by molar-refractivity contribution is -0.131. The van der Waals surface area contributed by atoms with Crippen molar-refractivity contribution in [2.45, 2.75) is 38.1 Å². The summed E-state index contributed by atoms with van der Waals surface area (Å²) in [7, 11) is 1.85. The van der Waals surface area contributed by atoms with E-state index in [2.05, 4.69) is 10.4 Å². The number of aromatic nitrogens is 2. The fourth-order valence-electron chi connectivity index (χ4n) is 3.64. The van der Waals surface area contributed by atoms with Gasteiger partial charge in [-0.1, -0.05) is 18.2 Å². The van der Waals surface area contributed by atoms with Crippen LogP contribution in [-0.4, -0.2) is 28.9 Å². The van der Waals surface area contributed by atoms with Crippen LogP contribution in [0.25, 0.3) is 0 Å². The zero-order valence-electron chi connectivity index (χ0n) is 14.9. The number of nitrogens with one attached hydrogen (secondary N) is 1. The van der Waals surface area contributed by atoms with E-state index < -0.39 is 5.41 Å². The number of carbonyl (C=O) groups is 1. The Morgan fingerprint density at radius 1 is 1.36 bits per heavy atom. The molecule has 6 heteroatoms. The maximum Gasteiger partial charge on any atom is 0.231 e. The molecule has 2 heterocycles. The molecular weight excluding hydrogens is 321 g/mol. The van der Waals surface area contributed by atoms with Gasteiger partial charge in [0.15, 0.2) is 0 Å². The van der Waals surface area contributed by atoms with Crippen molar-refractivity contribution in [1.29, 1.82) is 0 Å². The third-order valence-corrected chi connectivity index (χ3v) is 5.04. The molecule has 3 rings (SSSR count). The predicted octanol–water partition coefficient (Wildman–Crippen LogP) is 2.79. The molecule has 0 unspecified atom stereocenters. The minimum Gasteiger partial charge on any atom is -0.381 e. The molecule has 0 aliphatic carbocycles. The third kappa shape index (κ3) is 3.31. The van der Waals surface area contributed by atoms with Crippen LogP contribution in [0.5, 0.6) is 0 Å². The zero-order chi connectivity index (χ0) is 18.0. The van der Waals surface area contributed by atoms with Crippen LogP contribution in [0.1, 0.15) is 42.6 Å². The summed E-state index contributed by atoms with van der Waals surface area (Å²) in [6.45, 7) is 4.74. The van der Waals surface area contributed by atoms with Crippen LogP contribution in [0.3, 0.4) is 0 Å². The number of nitrogens with zero attached hydrogens (tertiary/aromatic N) is 2. The minimum atomic E-state index is -0.895. The Morgan fingerprint density at radius 2 is 2.04 bits per heavy atom. The molecule has 0 saturated carbocycles. The highest BCUT2D eigenvalue weighted by molar-refractivity contribution is 5.88. The van der Waals surface area contributed by atoms with E-state index in [-0.39, 0.29) is 17.8 Å². The van der Waals surface area contributed by atoms with Crippen molar-refractivity contribution in [3.8, 4) is 0 Å². The Labute approximate surface area is 147 Å². The minimum absolute atomic E-state index is 0.156. The highest BCUT2D eigenvalue weighted by atomic mass is 19.1. The topological polar surface area (TPSA) is 56.2 Å². The van der Waals surface area contributed by atoms with Gasteiger partial charge >= 0.3 is 0 Å². The number of hydrogen-bond acceptors (Lipinski definition) is 3. The standard InChI is InChI=1S/C19H24FN3O2/c1-13(15-12-23(3)22-14(15)2)21-18(24)19(8-10-25-11-9-19)16-6-4-5-7-17(16)20/h4-7,12-13H,8-11H2,1-3H3,(H,21,24)/t13-/m0/s1. The highest BCUT2D eigenvalue weighted by Crippen LogP contribution is 2.37. The number of halogens is 1. The monoisotopic (exact) mass is 345 g/mol. The lowest BCUT2D eigenvalue weighted by Gasteiger charge is -2.37. The van der Waals surface area contributed by atoms with E-state index >= 15 is 0 Å². The summed E-state index contributed by atoms with van der Waals surface area (Å²) in [5, 5.41) is 7.40. The molecule has 1 aromatic carbocycles. The summed E-state index contributed by atoms with van der Waals surface area (Å²) in [6.07, 6.45) is 2.84. The Morgan fingerprint density at radius 3 is 2.64 bits per heavy atom. The van der Waals surface area contributed by atoms with Crippen molar-refractivity contribution in [3.63, 3.8) is 0 Å². The van der Waals surface area contributed by atoms with Gasteiger partial charge in [-0.05, 0) is 32.8 Å². The Bertz CT molecular complexity index is 766. The van der Waals surface area contributed by atoms with Gasteiger partial charge in [-0.25, -0.2) is 4.39 Å². The van der Waals surface area contributed by atoms with Crippen LogP contribution in [0.4, 0.5) is 4.39 Å². The summed E-state index contributed by atoms with van der Waals surface area (Å²) in [6, 6.07) is 6.34. The van der Waals surface area contributed by atoms with Crippen LogP contribution in [0, 0.1) is 12.7 Å². The molecule has 1 atom stereocenters. The smallest absolute Gasteiger partial charge is 0.231 e. The zero-order valence-corrected chi connectivity index (χ0v) is 14.9. The predicted molar refractivity (Wildman–Crippen MR) is 92.6 cm³/mol. The summed E-state index contributed by atoms with van der Waals surface area (Å²) < 4.78 is 21.6. The SMILES string of the molecule is Cc1nn(C)cc1[C@H](C)NC(=O)C1(c2ccccc2F)CCOCC1. The molecule has 1 N–H and O–H groups in total. The van der Waals surface area contributed by atoms with E-state index in [1.165, 1.54) is 6.07 Å². The number of amides is 1. The van der Waals surface area contributed by atoms with Gasteiger partial charge in [0.1, 0.15) is 5.82 Å². The van der Waals surface area contributed by atoms with Gasteiger partial charge < -0.3 is 10.1 Å². The second-order valence-electron chi connectivity index (χ2n) is 6.71. The van der Waals surface area contributed by atoms with Crippen LogP contribution in [-0.2, 0) is 22.0 Å². The average molecular weight is 345 g/mol. The Balaban J connectivity index is 1.90. The van der Waals surface area contributed by atoms with Crippen molar-refractivity contribution in [2.24, 2.45) is 7.05 Å². The molecule has 1 amide bonds. The Hall–Kier alpha value is -2.21. The van der Waals surface area contributed by atoms with Crippen molar-refractivity contribution in [2.75, 3.05) is 13.2 Å². The van der Waals surface area contributed by atoms with Gasteiger partial charge in [0.05, 0.1) is 17.2 Å². The van der Waals surface area contributed by atoms with E-state index in [9.17, 15) is 9.18 Å². The van der Waals surface area contributed by atoms with Gasteiger partial charge in [0.25, 0.3) is 0 Å². The normalized spacial score (nSPS) is 17.9. The molecule has 2 aromatic rings. The summed E-state index contributed by atoms with van der Waals surface area (Å²) in [5.41, 5.74) is 1.40. The van der Waals surface area contributed by atoms with Gasteiger partial charge in [0.2, 0.25) is 5.91 Å². The molecule has 134 valence electrons. The molecule has 0 radical (unpaired) electrons. The number of benzene rings is 1. The molecular formula is C19H24FN3O2. The molecule has 0 spiro atoms. The lowest BCUT2D eigenvalue weighted by Crippen LogP contribution is -2.49. The maximum atomic E-state index is 14.5. The first-order valence-electron chi connectivity index (χ1n) is 8.58. The maximum absolute atomic E-state index is 14.5. The van der Waals surface area contributed by atoms with E-state index in [1.807, 2.05) is 27.1 Å². The second kappa shape index (κ2) is 6.96. The summed E-state index contributed by atoms with van der Waals surface area (Å²) in [4.78, 5) is 13.2. The Kier molecular flexibility index (Phi) is 4.90. The van der Waals surface area contributed by atoms with E-state index in [0.29, 0.717) is 31.6 Å². The molecule has 25 heavy (non-hydrogen) atoms. The van der Waals surface area contributed by atoms with Crippen LogP contribution >= 0.6 is 0 Å². The van der Waals surface area contributed by atoms with Crippen molar-refractivity contribution < 1.29 is 13.9 Å². The van der Waals surface area contributed by atoms with Gasteiger partial charge in [-0.3, -0.25) is 9.48 Å². The number of hydrogen-bond donors (Lipinski definition) is 1. The van der Waals surface area contributed by atoms with Crippen LogP contribution < -0.4 is 5.32 Å². The lowest BCUT2D eigenvalue weighted by atomic mass is 9.73. The molecule has 1 fully saturated rings. The van der Waals surface area contributed by atoms with E-state index in [0.717, 1.165) is 11.3 Å². The van der Waals surface area contributed by atoms with E-state index in [4.69, 9.17) is 4.74 Å². The quantitative estimate of drug-likeness (QED) is 0.927. The highest BCUT2D eigenvalue weighted by Gasteiger charge is 2.43. The molecule has 1 aliphatic heterocycles. The van der Waals surface area contributed by atoms with E-state index in [1.54, 1.807) is 22.9 Å². The van der Waals surface area contributed by atoms with Crippen molar-refractivity contribution in [3.05, 3.63) is 53.1 Å². The van der Waals surface area contributed by atoms with Gasteiger partial charge in [-0.2, -0.15) is 5.10 Å². The van der Waals surface area contributed by atoms with Crippen LogP contribution in [0.15, 0.2) is 30.5 Å². The molecule has 1 aliphatic rings. The largest absolute Gasteiger partial charge is 0.381 e. The molecule has 0 bridgehead atoms. The fraction of sp³-hybridized carbons (Fsp3) is 0.474. The average Bonchev–Trinajstić information content (AvgIpc) is 2.94. The first-order valence-corrected chi connectivity index (χ1v) is 8.58. The van der Waals surface area contributed by atoms with Crippen molar-refractivity contribution in [1.82, 2.24) is 15.1 Å². The second-order valence-corrected chi connectivity index (χ2v) is 6.71. The number of carbonyl (C=O) groups excluding carboxylic acids is 1. The summed E-state index contributed by atoms with van der Waals surface area (Å²) in [5.74, 6) is -0.499.